The van der Waals surface area contributed by atoms with Crippen LogP contribution in [-0.2, 0) is 28.6 Å². The van der Waals surface area contributed by atoms with Crippen LogP contribution in [0.3, 0.4) is 0 Å². The zero-order valence-corrected chi connectivity index (χ0v) is 20.8. The SMILES string of the molecule is CC(=O)OC[C@@]1(C)CCC[C@]2(C)[C@@H]1C[C@@H](OC(C)=O)[C@@]13C[C@@H](CC[C@@H]21)[C@@](O)(COC(C)=O)C3. The van der Waals surface area contributed by atoms with E-state index in [0.717, 1.165) is 38.5 Å². The molecule has 0 saturated heterocycles. The zero-order valence-electron chi connectivity index (χ0n) is 20.8. The molecular weight excluding hydrogens is 424 g/mol. The molecule has 4 aliphatic rings. The predicted octanol–water partition coefficient (Wildman–Crippen LogP) is 3.80. The Morgan fingerprint density at radius 3 is 2.21 bits per heavy atom. The molecule has 7 heteroatoms. The Labute approximate surface area is 196 Å². The van der Waals surface area contributed by atoms with Crippen molar-refractivity contribution in [3.8, 4) is 0 Å². The molecule has 0 aromatic carbocycles. The highest BCUT2D eigenvalue weighted by Gasteiger charge is 2.71. The molecule has 7 nitrogen and oxygen atoms in total. The summed E-state index contributed by atoms with van der Waals surface area (Å²) < 4.78 is 16.9. The Hall–Kier alpha value is -1.63. The largest absolute Gasteiger partial charge is 0.465 e. The van der Waals surface area contributed by atoms with Gasteiger partial charge < -0.3 is 19.3 Å². The second-order valence-electron chi connectivity index (χ2n) is 12.0. The fourth-order valence-electron chi connectivity index (χ4n) is 8.82. The molecule has 0 amide bonds. The van der Waals surface area contributed by atoms with Crippen LogP contribution in [0.25, 0.3) is 0 Å². The van der Waals surface area contributed by atoms with Gasteiger partial charge >= 0.3 is 17.9 Å². The summed E-state index contributed by atoms with van der Waals surface area (Å²) in [5.41, 5.74) is -1.59. The Balaban J connectivity index is 1.72. The number of carbonyl (C=O) groups is 3. The topological polar surface area (TPSA) is 99.1 Å². The number of hydrogen-bond donors (Lipinski definition) is 1. The summed E-state index contributed by atoms with van der Waals surface area (Å²) in [6.07, 6.45) is 6.65. The highest BCUT2D eigenvalue weighted by molar-refractivity contribution is 5.67. The van der Waals surface area contributed by atoms with Crippen LogP contribution in [0.15, 0.2) is 0 Å². The van der Waals surface area contributed by atoms with Crippen molar-refractivity contribution in [3.05, 3.63) is 0 Å². The number of carbonyl (C=O) groups excluding carboxylic acids is 3. The number of aliphatic hydroxyl groups is 1. The van der Waals surface area contributed by atoms with E-state index in [2.05, 4.69) is 13.8 Å². The number of hydrogen-bond acceptors (Lipinski definition) is 7. The molecule has 4 saturated carbocycles. The van der Waals surface area contributed by atoms with Gasteiger partial charge in [0.25, 0.3) is 0 Å². The van der Waals surface area contributed by atoms with Crippen LogP contribution in [0.1, 0.15) is 86.0 Å². The van der Waals surface area contributed by atoms with Gasteiger partial charge in [-0.3, -0.25) is 14.4 Å². The maximum Gasteiger partial charge on any atom is 0.302 e. The van der Waals surface area contributed by atoms with Gasteiger partial charge in [-0.05, 0) is 68.1 Å². The molecule has 0 aromatic rings. The van der Waals surface area contributed by atoms with E-state index in [4.69, 9.17) is 14.2 Å². The molecule has 0 heterocycles. The Bertz CT molecular complexity index is 825. The van der Waals surface area contributed by atoms with Crippen LogP contribution in [0.5, 0.6) is 0 Å². The number of esters is 3. The number of rotatable bonds is 5. The van der Waals surface area contributed by atoms with Crippen molar-refractivity contribution in [2.24, 2.45) is 34.0 Å². The Morgan fingerprint density at radius 2 is 1.58 bits per heavy atom. The second-order valence-corrected chi connectivity index (χ2v) is 12.0. The third-order valence-corrected chi connectivity index (χ3v) is 9.95. The van der Waals surface area contributed by atoms with Crippen molar-refractivity contribution < 1.29 is 33.7 Å². The average molecular weight is 465 g/mol. The lowest BCUT2D eigenvalue weighted by molar-refractivity contribution is -0.221. The zero-order chi connectivity index (χ0) is 24.2. The highest BCUT2D eigenvalue weighted by Crippen LogP contribution is 2.73. The summed E-state index contributed by atoms with van der Waals surface area (Å²) in [4.78, 5) is 35.4. The molecule has 33 heavy (non-hydrogen) atoms. The normalized spacial score (nSPS) is 46.0. The minimum atomic E-state index is -1.09. The van der Waals surface area contributed by atoms with Crippen LogP contribution >= 0.6 is 0 Å². The van der Waals surface area contributed by atoms with E-state index in [-0.39, 0.29) is 64.6 Å². The first-order valence-corrected chi connectivity index (χ1v) is 12.5. The molecule has 0 radical (unpaired) electrons. The van der Waals surface area contributed by atoms with E-state index in [1.807, 2.05) is 0 Å². The van der Waals surface area contributed by atoms with Gasteiger partial charge in [0.05, 0.1) is 6.61 Å². The molecule has 1 N–H and O–H groups in total. The molecule has 2 bridgehead atoms. The van der Waals surface area contributed by atoms with Crippen LogP contribution in [-0.4, -0.2) is 47.9 Å². The van der Waals surface area contributed by atoms with Gasteiger partial charge in [-0.15, -0.1) is 0 Å². The minimum Gasteiger partial charge on any atom is -0.465 e. The Kier molecular flexibility index (Phi) is 6.12. The molecular formula is C26H40O7. The van der Waals surface area contributed by atoms with Gasteiger partial charge in [0, 0.05) is 31.6 Å². The van der Waals surface area contributed by atoms with Gasteiger partial charge in [0.2, 0.25) is 0 Å². The summed E-state index contributed by atoms with van der Waals surface area (Å²) in [7, 11) is 0. The maximum absolute atomic E-state index is 12.2. The maximum atomic E-state index is 12.2. The third kappa shape index (κ3) is 3.98. The van der Waals surface area contributed by atoms with Gasteiger partial charge in [-0.25, -0.2) is 0 Å². The first kappa shape index (κ1) is 24.5. The summed E-state index contributed by atoms with van der Waals surface area (Å²) in [6, 6.07) is 0. The quantitative estimate of drug-likeness (QED) is 0.488. The smallest absolute Gasteiger partial charge is 0.302 e. The molecule has 4 aliphatic carbocycles. The second kappa shape index (κ2) is 8.24. The van der Waals surface area contributed by atoms with Gasteiger partial charge in [-0.2, -0.15) is 0 Å². The van der Waals surface area contributed by atoms with E-state index in [1.54, 1.807) is 0 Å². The molecule has 0 aromatic heterocycles. The fourth-order valence-corrected chi connectivity index (χ4v) is 8.82. The number of ether oxygens (including phenoxy) is 3. The summed E-state index contributed by atoms with van der Waals surface area (Å²) in [5.74, 6) is -0.391. The van der Waals surface area contributed by atoms with Crippen LogP contribution in [0, 0.1) is 34.0 Å². The van der Waals surface area contributed by atoms with E-state index >= 15 is 0 Å². The van der Waals surface area contributed by atoms with E-state index < -0.39 is 5.60 Å². The summed E-state index contributed by atoms with van der Waals surface area (Å²) >= 11 is 0. The van der Waals surface area contributed by atoms with Crippen molar-refractivity contribution in [1.29, 1.82) is 0 Å². The monoisotopic (exact) mass is 464 g/mol. The standard InChI is InChI=1S/C26H40O7/c1-16(27)31-14-23(4)9-6-10-24(5)20-8-7-19-12-25(20,13-26(19,30)15-32-17(2)28)22(11-21(23)24)33-18(3)29/h19-22,30H,6-15H2,1-5H3/t19-,20+,21-,22-,23-,24+,25-,26+/m1/s1. The fraction of sp³-hybridized carbons (Fsp3) is 0.885. The van der Waals surface area contributed by atoms with Crippen LogP contribution in [0.4, 0.5) is 0 Å². The van der Waals surface area contributed by atoms with Crippen molar-refractivity contribution in [1.82, 2.24) is 0 Å². The van der Waals surface area contributed by atoms with Crippen molar-refractivity contribution in [2.75, 3.05) is 13.2 Å². The molecule has 4 rings (SSSR count). The van der Waals surface area contributed by atoms with E-state index in [1.165, 1.54) is 20.8 Å². The molecule has 8 atom stereocenters. The van der Waals surface area contributed by atoms with Gasteiger partial charge in [-0.1, -0.05) is 20.3 Å². The van der Waals surface area contributed by atoms with Crippen molar-refractivity contribution in [2.45, 2.75) is 97.7 Å². The van der Waals surface area contributed by atoms with Crippen molar-refractivity contribution >= 4 is 17.9 Å². The summed E-state index contributed by atoms with van der Waals surface area (Å²) in [6.45, 7) is 9.25. The first-order chi connectivity index (χ1) is 15.3. The van der Waals surface area contributed by atoms with Gasteiger partial charge in [0.15, 0.2) is 0 Å². The minimum absolute atomic E-state index is 0.00142. The molecule has 186 valence electrons. The molecule has 1 spiro atoms. The summed E-state index contributed by atoms with van der Waals surface area (Å²) in [5, 5.41) is 11.6. The lowest BCUT2D eigenvalue weighted by Gasteiger charge is -2.65. The van der Waals surface area contributed by atoms with Crippen LogP contribution < -0.4 is 0 Å². The molecule has 0 aliphatic heterocycles. The van der Waals surface area contributed by atoms with E-state index in [9.17, 15) is 19.5 Å². The first-order valence-electron chi connectivity index (χ1n) is 12.5. The molecule has 0 unspecified atom stereocenters. The number of fused-ring (bicyclic) bond motifs is 3. The highest BCUT2D eigenvalue weighted by atomic mass is 16.6. The molecule has 4 fully saturated rings. The lowest BCUT2D eigenvalue weighted by atomic mass is 9.40. The predicted molar refractivity (Wildman–Crippen MR) is 120 cm³/mol. The third-order valence-electron chi connectivity index (χ3n) is 9.95. The lowest BCUT2D eigenvalue weighted by Crippen LogP contribution is -2.63. The van der Waals surface area contributed by atoms with Crippen molar-refractivity contribution in [3.63, 3.8) is 0 Å². The van der Waals surface area contributed by atoms with Crippen LogP contribution in [0.2, 0.25) is 0 Å². The van der Waals surface area contributed by atoms with E-state index in [0.29, 0.717) is 19.4 Å². The average Bonchev–Trinajstić information content (AvgIpc) is 2.93. The van der Waals surface area contributed by atoms with Gasteiger partial charge in [0.1, 0.15) is 18.3 Å². The Morgan fingerprint density at radius 1 is 0.909 bits per heavy atom.